The third kappa shape index (κ3) is 6.08. The maximum absolute atomic E-state index is 10.4. The van der Waals surface area contributed by atoms with E-state index in [9.17, 15) is 30.5 Å². The normalized spacial score (nSPS) is 36.6. The molecule has 1 saturated carbocycles. The van der Waals surface area contributed by atoms with Crippen LogP contribution in [-0.4, -0.2) is 81.7 Å². The average Bonchev–Trinajstić information content (AvgIpc) is 2.27. The van der Waals surface area contributed by atoms with Crippen LogP contribution in [0.1, 0.15) is 0 Å². The van der Waals surface area contributed by atoms with E-state index in [4.69, 9.17) is 10.0 Å². The Morgan fingerprint density at radius 3 is 1.35 bits per heavy atom. The summed E-state index contributed by atoms with van der Waals surface area (Å²) >= 11 is 0. The summed E-state index contributed by atoms with van der Waals surface area (Å²) in [4.78, 5) is 0. The van der Waals surface area contributed by atoms with E-state index < -0.39 is 51.3 Å². The largest absolute Gasteiger partial charge is 1.00 e. The molecular formula is C6H12B2Na2O10. The molecule has 0 bridgehead atoms. The van der Waals surface area contributed by atoms with E-state index in [1.807, 2.05) is 0 Å². The number of hydrogen-bond acceptors (Lipinski definition) is 10. The predicted octanol–water partition coefficient (Wildman–Crippen LogP) is -13.1. The number of aliphatic hydroxyl groups is 4. The Kier molecular flexibility index (Phi) is 12.6. The molecule has 0 aliphatic heterocycles. The second kappa shape index (κ2) is 10.5. The van der Waals surface area contributed by atoms with Gasteiger partial charge in [-0.3, -0.25) is 0 Å². The van der Waals surface area contributed by atoms with Crippen LogP contribution in [0.15, 0.2) is 0 Å². The van der Waals surface area contributed by atoms with Crippen molar-refractivity contribution in [2.75, 3.05) is 0 Å². The number of hydrogen-bond donors (Lipinski definition) is 6. The van der Waals surface area contributed by atoms with Crippen molar-refractivity contribution in [3.63, 3.8) is 0 Å². The maximum Gasteiger partial charge on any atom is 1.00 e. The van der Waals surface area contributed by atoms with Crippen LogP contribution in [0.5, 0.6) is 0 Å². The van der Waals surface area contributed by atoms with Crippen LogP contribution >= 0.6 is 0 Å². The first-order chi connectivity index (χ1) is 8.25. The summed E-state index contributed by atoms with van der Waals surface area (Å²) < 4.78 is 8.50. The predicted molar refractivity (Wildman–Crippen MR) is 49.7 cm³/mol. The summed E-state index contributed by atoms with van der Waals surface area (Å²) in [6.07, 6.45) is -11.2. The Hall–Kier alpha value is 1.73. The minimum atomic E-state index is -2.86. The molecule has 0 aromatic carbocycles. The first-order valence-corrected chi connectivity index (χ1v) is 4.96. The van der Waals surface area contributed by atoms with E-state index in [0.717, 1.165) is 0 Å². The van der Waals surface area contributed by atoms with Crippen LogP contribution in [0, 0.1) is 0 Å². The molecule has 0 aromatic rings. The fourth-order valence-corrected chi connectivity index (χ4v) is 1.77. The molecule has 6 atom stereocenters. The van der Waals surface area contributed by atoms with E-state index in [2.05, 4.69) is 9.31 Å². The average molecular weight is 312 g/mol. The van der Waals surface area contributed by atoms with Gasteiger partial charge in [-0.25, -0.2) is 0 Å². The van der Waals surface area contributed by atoms with Crippen molar-refractivity contribution in [1.82, 2.24) is 0 Å². The topological polar surface area (TPSA) is 186 Å². The van der Waals surface area contributed by atoms with Gasteiger partial charge in [0.25, 0.3) is 0 Å². The van der Waals surface area contributed by atoms with Gasteiger partial charge >= 0.3 is 66.4 Å². The summed E-state index contributed by atoms with van der Waals surface area (Å²) in [7, 11) is -5.26. The first kappa shape index (κ1) is 24.0. The number of rotatable bonds is 4. The van der Waals surface area contributed by atoms with Crippen molar-refractivity contribution in [2.24, 2.45) is 0 Å². The van der Waals surface area contributed by atoms with Crippen LogP contribution in [-0.2, 0) is 9.31 Å². The Morgan fingerprint density at radius 1 is 0.700 bits per heavy atom. The fourth-order valence-electron chi connectivity index (χ4n) is 1.77. The molecule has 20 heavy (non-hydrogen) atoms. The van der Waals surface area contributed by atoms with Gasteiger partial charge < -0.3 is 49.8 Å². The van der Waals surface area contributed by atoms with Gasteiger partial charge in [-0.2, -0.15) is 0 Å². The molecule has 0 radical (unpaired) electrons. The third-order valence-corrected chi connectivity index (χ3v) is 2.59. The maximum atomic E-state index is 10.4. The molecule has 0 amide bonds. The molecule has 1 aliphatic rings. The molecule has 1 aliphatic carbocycles. The van der Waals surface area contributed by atoms with Crippen molar-refractivity contribution in [2.45, 2.75) is 36.6 Å². The van der Waals surface area contributed by atoms with Gasteiger partial charge in [-0.05, 0) is 0 Å². The third-order valence-electron chi connectivity index (χ3n) is 2.59. The molecule has 1 rings (SSSR count). The molecule has 14 heteroatoms. The molecule has 0 heterocycles. The summed E-state index contributed by atoms with van der Waals surface area (Å²) in [5.41, 5.74) is 0. The second-order valence-electron chi connectivity index (χ2n) is 3.78. The molecule has 0 saturated heterocycles. The summed E-state index contributed by atoms with van der Waals surface area (Å²) in [6.45, 7) is 0. The summed E-state index contributed by atoms with van der Waals surface area (Å²) in [5.74, 6) is 0. The summed E-state index contributed by atoms with van der Waals surface area (Å²) in [5, 5.41) is 75.6. The van der Waals surface area contributed by atoms with Crippen LogP contribution in [0.3, 0.4) is 0 Å². The second-order valence-corrected chi connectivity index (χ2v) is 3.78. The van der Waals surface area contributed by atoms with Crippen LogP contribution < -0.4 is 69.2 Å². The quantitative estimate of drug-likeness (QED) is 0.272. The molecule has 6 N–H and O–H groups in total. The van der Waals surface area contributed by atoms with Crippen molar-refractivity contribution in [1.29, 1.82) is 0 Å². The molecule has 0 spiro atoms. The SMILES string of the molecule is [Na+].[Na+].[O-]B([O-])O[C@@H]1[C@@H](O)[C@H](O)[C@@H](O)[C@H](O)[C@H]1OB(O)O. The zero-order valence-electron chi connectivity index (χ0n) is 10.9. The smallest absolute Gasteiger partial charge is 0.871 e. The van der Waals surface area contributed by atoms with Crippen molar-refractivity contribution in [3.8, 4) is 0 Å². The van der Waals surface area contributed by atoms with Crippen LogP contribution in [0.25, 0.3) is 0 Å². The molecule has 0 unspecified atom stereocenters. The Morgan fingerprint density at radius 2 is 1.05 bits per heavy atom. The standard InChI is InChI=1S/C6H12B2O10.2Na/c9-1-2(10)4(12)6(18-8(15)16)5(3(1)11)17-7(13)14;;/h1-6,9-14H;;/q-2;2*+1/t1-,2-,3+,4+,5-,6-;;/m1../s1. The summed E-state index contributed by atoms with van der Waals surface area (Å²) in [6, 6.07) is 0. The van der Waals surface area contributed by atoms with Crippen molar-refractivity contribution >= 4 is 14.6 Å². The Balaban J connectivity index is 0. The van der Waals surface area contributed by atoms with Crippen molar-refractivity contribution < 1.29 is 109 Å². The zero-order valence-corrected chi connectivity index (χ0v) is 14.9. The molecule has 104 valence electrons. The van der Waals surface area contributed by atoms with E-state index in [1.54, 1.807) is 0 Å². The first-order valence-electron chi connectivity index (χ1n) is 4.96. The van der Waals surface area contributed by atoms with Gasteiger partial charge in [0.15, 0.2) is 0 Å². The van der Waals surface area contributed by atoms with E-state index in [1.165, 1.54) is 0 Å². The molecule has 10 nitrogen and oxygen atoms in total. The van der Waals surface area contributed by atoms with Gasteiger partial charge in [0.05, 0.1) is 13.4 Å². The van der Waals surface area contributed by atoms with Gasteiger partial charge in [0.2, 0.25) is 0 Å². The Labute approximate surface area is 159 Å². The monoisotopic (exact) mass is 312 g/mol. The number of aliphatic hydroxyl groups excluding tert-OH is 4. The van der Waals surface area contributed by atoms with Crippen LogP contribution in [0.2, 0.25) is 0 Å². The molecule has 1 fully saturated rings. The fraction of sp³-hybridized carbons (Fsp3) is 1.00. The van der Waals surface area contributed by atoms with E-state index >= 15 is 0 Å². The minimum absolute atomic E-state index is 0. The minimum Gasteiger partial charge on any atom is -0.871 e. The Bertz CT molecular complexity index is 248. The van der Waals surface area contributed by atoms with Gasteiger partial charge in [-0.15, -0.1) is 0 Å². The van der Waals surface area contributed by atoms with Gasteiger partial charge in [0.1, 0.15) is 30.5 Å². The van der Waals surface area contributed by atoms with Crippen LogP contribution in [0.4, 0.5) is 0 Å². The molecular weight excluding hydrogens is 300 g/mol. The van der Waals surface area contributed by atoms with E-state index in [-0.39, 0.29) is 59.1 Å². The zero-order chi connectivity index (χ0) is 14.0. The van der Waals surface area contributed by atoms with Crippen molar-refractivity contribution in [3.05, 3.63) is 0 Å². The van der Waals surface area contributed by atoms with Gasteiger partial charge in [-0.1, -0.05) is 0 Å². The van der Waals surface area contributed by atoms with E-state index in [0.29, 0.717) is 0 Å². The molecule has 0 aromatic heterocycles. The van der Waals surface area contributed by atoms with Gasteiger partial charge in [0, 0.05) is 0 Å².